The molecule has 1 heterocycles. The molecule has 0 spiro atoms. The van der Waals surface area contributed by atoms with E-state index in [-0.39, 0.29) is 11.9 Å². The lowest BCUT2D eigenvalue weighted by molar-refractivity contribution is -0.119. The highest BCUT2D eigenvalue weighted by Gasteiger charge is 2.13. The highest BCUT2D eigenvalue weighted by atomic mass is 32.2. The Kier molecular flexibility index (Phi) is 7.09. The first kappa shape index (κ1) is 17.0. The summed E-state index contributed by atoms with van der Waals surface area (Å²) in [5, 5.41) is 6.89. The van der Waals surface area contributed by atoms with Gasteiger partial charge in [-0.05, 0) is 26.2 Å². The molecule has 1 rings (SSSR count). The van der Waals surface area contributed by atoms with E-state index in [4.69, 9.17) is 10.3 Å². The fraction of sp³-hybridized carbons (Fsp3) is 0.714. The van der Waals surface area contributed by atoms with Gasteiger partial charge in [0.25, 0.3) is 0 Å². The van der Waals surface area contributed by atoms with Crippen LogP contribution in [0.2, 0.25) is 0 Å². The summed E-state index contributed by atoms with van der Waals surface area (Å²) in [6, 6.07) is 0.0714. The van der Waals surface area contributed by atoms with Crippen LogP contribution in [-0.2, 0) is 10.5 Å². The minimum Gasteiger partial charge on any atom is -0.361 e. The van der Waals surface area contributed by atoms with Crippen molar-refractivity contribution in [3.8, 4) is 0 Å². The number of aryl methyl sites for hydroxylation is 2. The van der Waals surface area contributed by atoms with Gasteiger partial charge in [0, 0.05) is 23.9 Å². The Balaban J connectivity index is 2.33. The minimum absolute atomic E-state index is 0.0397. The number of nitrogens with zero attached hydrogens (tertiary/aromatic N) is 1. The molecule has 1 amide bonds. The van der Waals surface area contributed by atoms with Crippen molar-refractivity contribution in [2.75, 3.05) is 12.3 Å². The molecule has 1 atom stereocenters. The number of carbonyl (C=O) groups excluding carboxylic acids is 1. The van der Waals surface area contributed by atoms with Gasteiger partial charge in [-0.1, -0.05) is 19.0 Å². The predicted molar refractivity (Wildman–Crippen MR) is 82.6 cm³/mol. The van der Waals surface area contributed by atoms with Gasteiger partial charge in [-0.15, -0.1) is 11.8 Å². The van der Waals surface area contributed by atoms with Gasteiger partial charge >= 0.3 is 0 Å². The molecule has 0 saturated heterocycles. The quantitative estimate of drug-likeness (QED) is 0.767. The third-order valence-electron chi connectivity index (χ3n) is 3.07. The van der Waals surface area contributed by atoms with Gasteiger partial charge in [0.15, 0.2) is 0 Å². The summed E-state index contributed by atoms with van der Waals surface area (Å²) in [7, 11) is 0. The number of hydrogen-bond donors (Lipinski definition) is 2. The van der Waals surface area contributed by atoms with Crippen molar-refractivity contribution in [2.24, 2.45) is 11.7 Å². The Morgan fingerprint density at radius 3 is 2.65 bits per heavy atom. The SMILES string of the molecule is Cc1noc(C)c1CSCC(=O)NC(CN)CC(C)C. The normalized spacial score (nSPS) is 12.7. The molecule has 20 heavy (non-hydrogen) atoms. The van der Waals surface area contributed by atoms with E-state index in [1.54, 1.807) is 11.8 Å². The van der Waals surface area contributed by atoms with Gasteiger partial charge in [0.1, 0.15) is 5.76 Å². The Morgan fingerprint density at radius 2 is 2.15 bits per heavy atom. The molecule has 1 aromatic heterocycles. The molecule has 5 nitrogen and oxygen atoms in total. The van der Waals surface area contributed by atoms with Crippen LogP contribution in [0.3, 0.4) is 0 Å². The summed E-state index contributed by atoms with van der Waals surface area (Å²) in [5.74, 6) is 2.57. The van der Waals surface area contributed by atoms with Crippen molar-refractivity contribution < 1.29 is 9.32 Å². The van der Waals surface area contributed by atoms with E-state index in [0.29, 0.717) is 18.2 Å². The first-order chi connectivity index (χ1) is 9.43. The second-order valence-corrected chi connectivity index (χ2v) is 6.41. The predicted octanol–water partition coefficient (Wildman–Crippen LogP) is 2.01. The number of nitrogens with two attached hydrogens (primary N) is 1. The van der Waals surface area contributed by atoms with Crippen LogP contribution in [0.15, 0.2) is 4.52 Å². The van der Waals surface area contributed by atoms with Crippen molar-refractivity contribution in [1.82, 2.24) is 10.5 Å². The maximum absolute atomic E-state index is 11.9. The van der Waals surface area contributed by atoms with E-state index in [2.05, 4.69) is 24.3 Å². The van der Waals surface area contributed by atoms with Crippen molar-refractivity contribution in [2.45, 2.75) is 45.9 Å². The molecule has 3 N–H and O–H groups in total. The van der Waals surface area contributed by atoms with Crippen LogP contribution in [0.5, 0.6) is 0 Å². The lowest BCUT2D eigenvalue weighted by Gasteiger charge is -2.18. The molecule has 0 aliphatic carbocycles. The maximum Gasteiger partial charge on any atom is 0.230 e. The van der Waals surface area contributed by atoms with Gasteiger partial charge in [-0.3, -0.25) is 4.79 Å². The summed E-state index contributed by atoms with van der Waals surface area (Å²) < 4.78 is 5.10. The van der Waals surface area contributed by atoms with E-state index in [0.717, 1.165) is 29.2 Å². The van der Waals surface area contributed by atoms with E-state index in [1.165, 1.54) is 0 Å². The third kappa shape index (κ3) is 5.54. The van der Waals surface area contributed by atoms with Crippen molar-refractivity contribution in [3.63, 3.8) is 0 Å². The molecule has 0 aromatic carbocycles. The fourth-order valence-electron chi connectivity index (χ4n) is 2.01. The molecule has 0 fully saturated rings. The molecule has 114 valence electrons. The van der Waals surface area contributed by atoms with Crippen LogP contribution in [0, 0.1) is 19.8 Å². The number of rotatable bonds is 8. The first-order valence-electron chi connectivity index (χ1n) is 6.93. The zero-order chi connectivity index (χ0) is 15.1. The summed E-state index contributed by atoms with van der Waals surface area (Å²) in [4.78, 5) is 11.9. The third-order valence-corrected chi connectivity index (χ3v) is 4.03. The van der Waals surface area contributed by atoms with Crippen LogP contribution < -0.4 is 11.1 Å². The average molecular weight is 299 g/mol. The number of thioether (sulfide) groups is 1. The molecule has 0 saturated carbocycles. The summed E-state index contributed by atoms with van der Waals surface area (Å²) in [5.41, 5.74) is 7.65. The Bertz CT molecular complexity index is 413. The van der Waals surface area contributed by atoms with Gasteiger partial charge in [0.2, 0.25) is 5.91 Å². The molecular weight excluding hydrogens is 274 g/mol. The van der Waals surface area contributed by atoms with E-state index < -0.39 is 0 Å². The van der Waals surface area contributed by atoms with Gasteiger partial charge in [0.05, 0.1) is 11.4 Å². The molecule has 1 aromatic rings. The Hall–Kier alpha value is -1.01. The lowest BCUT2D eigenvalue weighted by atomic mass is 10.0. The van der Waals surface area contributed by atoms with Crippen LogP contribution in [0.25, 0.3) is 0 Å². The summed E-state index contributed by atoms with van der Waals surface area (Å²) in [6.45, 7) is 8.54. The largest absolute Gasteiger partial charge is 0.361 e. The summed E-state index contributed by atoms with van der Waals surface area (Å²) >= 11 is 1.57. The molecule has 0 bridgehead atoms. The molecule has 6 heteroatoms. The summed E-state index contributed by atoms with van der Waals surface area (Å²) in [6.07, 6.45) is 0.913. The van der Waals surface area contributed by atoms with Gasteiger partial charge < -0.3 is 15.6 Å². The van der Waals surface area contributed by atoms with Crippen LogP contribution in [0.4, 0.5) is 0 Å². The average Bonchev–Trinajstić information content (AvgIpc) is 2.69. The Morgan fingerprint density at radius 1 is 1.45 bits per heavy atom. The van der Waals surface area contributed by atoms with Gasteiger partial charge in [-0.2, -0.15) is 0 Å². The number of nitrogens with one attached hydrogen (secondary N) is 1. The van der Waals surface area contributed by atoms with Crippen LogP contribution in [0.1, 0.15) is 37.3 Å². The molecule has 0 aliphatic heterocycles. The second kappa shape index (κ2) is 8.32. The van der Waals surface area contributed by atoms with Crippen molar-refractivity contribution >= 4 is 17.7 Å². The molecule has 0 radical (unpaired) electrons. The zero-order valence-electron chi connectivity index (χ0n) is 12.7. The van der Waals surface area contributed by atoms with E-state index in [1.807, 2.05) is 13.8 Å². The second-order valence-electron chi connectivity index (χ2n) is 5.43. The van der Waals surface area contributed by atoms with Crippen molar-refractivity contribution in [3.05, 3.63) is 17.0 Å². The molecular formula is C14H25N3O2S. The zero-order valence-corrected chi connectivity index (χ0v) is 13.5. The highest BCUT2D eigenvalue weighted by Crippen LogP contribution is 2.19. The van der Waals surface area contributed by atoms with E-state index in [9.17, 15) is 4.79 Å². The number of amides is 1. The minimum atomic E-state index is 0.0397. The smallest absolute Gasteiger partial charge is 0.230 e. The molecule has 0 aliphatic rings. The van der Waals surface area contributed by atoms with Crippen molar-refractivity contribution in [1.29, 1.82) is 0 Å². The highest BCUT2D eigenvalue weighted by molar-refractivity contribution is 7.99. The lowest BCUT2D eigenvalue weighted by Crippen LogP contribution is -2.41. The number of carbonyl (C=O) groups is 1. The van der Waals surface area contributed by atoms with E-state index >= 15 is 0 Å². The number of hydrogen-bond acceptors (Lipinski definition) is 5. The molecule has 1 unspecified atom stereocenters. The maximum atomic E-state index is 11.9. The topological polar surface area (TPSA) is 81.2 Å². The fourth-order valence-corrected chi connectivity index (χ4v) is 2.99. The van der Waals surface area contributed by atoms with Crippen LogP contribution in [-0.4, -0.2) is 29.4 Å². The Labute approximate surface area is 125 Å². The van der Waals surface area contributed by atoms with Gasteiger partial charge in [-0.25, -0.2) is 0 Å². The number of aromatic nitrogens is 1. The monoisotopic (exact) mass is 299 g/mol. The standard InChI is InChI=1S/C14H25N3O2S/c1-9(2)5-12(6-15)16-14(18)8-20-7-13-10(3)17-19-11(13)4/h9,12H,5-8,15H2,1-4H3,(H,16,18). The van der Waals surface area contributed by atoms with Crippen LogP contribution >= 0.6 is 11.8 Å². The first-order valence-corrected chi connectivity index (χ1v) is 8.08.